The van der Waals surface area contributed by atoms with E-state index < -0.39 is 6.10 Å². The molecule has 0 aromatic carbocycles. The number of carbonyl (C=O) groups is 1. The number of hydrogen-bond acceptors (Lipinski definition) is 5. The molecule has 0 aliphatic rings. The Bertz CT molecular complexity index is 605. The van der Waals surface area contributed by atoms with E-state index in [1.54, 1.807) is 0 Å². The predicted molar refractivity (Wildman–Crippen MR) is 146 cm³/mol. The first-order valence-electron chi connectivity index (χ1n) is 15.2. The lowest BCUT2D eigenvalue weighted by atomic mass is 10.0. The average molecular weight is 493 g/mol. The molecule has 0 aliphatic carbocycles. The third-order valence-electron chi connectivity index (χ3n) is 7.10. The third-order valence-corrected chi connectivity index (χ3v) is 7.10. The Hall–Kier alpha value is -1.30. The smallest absolute Gasteiger partial charge is 0.250 e. The lowest BCUT2D eigenvalue weighted by Crippen LogP contribution is -2.18. The Morgan fingerprint density at radius 2 is 1.06 bits per heavy atom. The molecule has 1 atom stereocenters. The number of aromatic nitrogens is 4. The molecule has 6 nitrogen and oxygen atoms in total. The minimum absolute atomic E-state index is 0.0997. The van der Waals surface area contributed by atoms with Crippen molar-refractivity contribution in [1.82, 2.24) is 20.2 Å². The third kappa shape index (κ3) is 16.9. The summed E-state index contributed by atoms with van der Waals surface area (Å²) in [5, 5.41) is 22.0. The number of tetrazole rings is 1. The van der Waals surface area contributed by atoms with Gasteiger partial charge in [-0.1, -0.05) is 149 Å². The lowest BCUT2D eigenvalue weighted by molar-refractivity contribution is 0.0846. The lowest BCUT2D eigenvalue weighted by Gasteiger charge is -2.10. The van der Waals surface area contributed by atoms with Gasteiger partial charge in [-0.2, -0.15) is 4.68 Å². The molecule has 1 unspecified atom stereocenters. The maximum Gasteiger partial charge on any atom is 0.250 e. The molecule has 0 amide bonds. The summed E-state index contributed by atoms with van der Waals surface area (Å²) in [5.41, 5.74) is 0. The Morgan fingerprint density at radius 1 is 0.657 bits per heavy atom. The van der Waals surface area contributed by atoms with Crippen LogP contribution in [0.2, 0.25) is 0 Å². The van der Waals surface area contributed by atoms with Crippen LogP contribution >= 0.6 is 0 Å². The van der Waals surface area contributed by atoms with Crippen LogP contribution in [-0.4, -0.2) is 31.2 Å². The Balaban J connectivity index is 2.05. The molecule has 0 spiro atoms. The zero-order chi connectivity index (χ0) is 25.4. The summed E-state index contributed by atoms with van der Waals surface area (Å²) in [6.45, 7) is 4.51. The van der Waals surface area contributed by atoms with Gasteiger partial charge in [0.2, 0.25) is 5.91 Å². The van der Waals surface area contributed by atoms with E-state index in [2.05, 4.69) is 29.4 Å². The van der Waals surface area contributed by atoms with Crippen LogP contribution in [0.5, 0.6) is 0 Å². The largest absolute Gasteiger partial charge is 0.385 e. The second kappa shape index (κ2) is 23.1. The van der Waals surface area contributed by atoms with E-state index >= 15 is 0 Å². The highest BCUT2D eigenvalue weighted by molar-refractivity contribution is 5.78. The molecule has 0 saturated carbocycles. The molecule has 1 rings (SSSR count). The van der Waals surface area contributed by atoms with Crippen molar-refractivity contribution < 1.29 is 9.90 Å². The van der Waals surface area contributed by atoms with Crippen molar-refractivity contribution in [2.45, 2.75) is 174 Å². The van der Waals surface area contributed by atoms with Gasteiger partial charge in [0.15, 0.2) is 5.82 Å². The van der Waals surface area contributed by atoms with E-state index in [0.29, 0.717) is 18.7 Å². The first-order chi connectivity index (χ1) is 17.2. The molecule has 0 saturated heterocycles. The number of nitrogens with zero attached hydrogens (tertiary/aromatic N) is 4. The SMILES string of the molecule is CCCCCCCCCCCCCCCC(O)c1nnnn1C(=O)CCCCCCCCCCC. The van der Waals surface area contributed by atoms with Crippen LogP contribution in [0.1, 0.15) is 185 Å². The van der Waals surface area contributed by atoms with Gasteiger partial charge in [-0.15, -0.1) is 5.10 Å². The predicted octanol–water partition coefficient (Wildman–Crippen LogP) is 8.75. The van der Waals surface area contributed by atoms with Gasteiger partial charge in [0, 0.05) is 6.42 Å². The molecular formula is C29H56N4O2. The fourth-order valence-corrected chi connectivity index (χ4v) is 4.76. The van der Waals surface area contributed by atoms with Gasteiger partial charge in [0.05, 0.1) is 0 Å². The highest BCUT2D eigenvalue weighted by atomic mass is 16.3. The Labute approximate surface area is 216 Å². The summed E-state index contributed by atoms with van der Waals surface area (Å²) in [6, 6.07) is 0. The summed E-state index contributed by atoms with van der Waals surface area (Å²) in [5.74, 6) is 0.210. The first-order valence-corrected chi connectivity index (χ1v) is 15.2. The quantitative estimate of drug-likeness (QED) is 0.109. The van der Waals surface area contributed by atoms with Crippen molar-refractivity contribution >= 4 is 5.91 Å². The second-order valence-corrected chi connectivity index (χ2v) is 10.5. The summed E-state index contributed by atoms with van der Waals surface area (Å²) in [4.78, 5) is 12.5. The van der Waals surface area contributed by atoms with E-state index in [4.69, 9.17) is 0 Å². The molecule has 1 aromatic rings. The van der Waals surface area contributed by atoms with Crippen LogP contribution in [0.4, 0.5) is 0 Å². The molecule has 0 radical (unpaired) electrons. The van der Waals surface area contributed by atoms with E-state index in [9.17, 15) is 9.90 Å². The van der Waals surface area contributed by atoms with Crippen molar-refractivity contribution in [3.05, 3.63) is 5.82 Å². The highest BCUT2D eigenvalue weighted by Gasteiger charge is 2.20. The highest BCUT2D eigenvalue weighted by Crippen LogP contribution is 2.19. The van der Waals surface area contributed by atoms with E-state index in [0.717, 1.165) is 25.7 Å². The van der Waals surface area contributed by atoms with Crippen LogP contribution in [0.25, 0.3) is 0 Å². The van der Waals surface area contributed by atoms with Crippen LogP contribution in [0.15, 0.2) is 0 Å². The molecule has 1 aromatic heterocycles. The number of aliphatic hydroxyl groups is 1. The van der Waals surface area contributed by atoms with Gasteiger partial charge >= 0.3 is 0 Å². The molecule has 0 bridgehead atoms. The first kappa shape index (κ1) is 31.7. The molecule has 35 heavy (non-hydrogen) atoms. The summed E-state index contributed by atoms with van der Waals surface area (Å²) in [6.07, 6.45) is 28.2. The number of carbonyl (C=O) groups excluding carboxylic acids is 1. The van der Waals surface area contributed by atoms with Gasteiger partial charge in [0.25, 0.3) is 0 Å². The molecule has 6 heteroatoms. The zero-order valence-electron chi connectivity index (χ0n) is 23.2. The minimum atomic E-state index is -0.759. The Kier molecular flexibility index (Phi) is 21.0. The van der Waals surface area contributed by atoms with E-state index in [-0.39, 0.29) is 5.91 Å². The maximum absolute atomic E-state index is 12.5. The molecular weight excluding hydrogens is 436 g/mol. The standard InChI is InChI=1S/C29H56N4O2/c1-3-5-7-9-11-13-14-15-16-18-19-21-23-25-27(34)29-30-31-32-33(29)28(35)26-24-22-20-17-12-10-8-6-4-2/h27,34H,3-26H2,1-2H3. The molecule has 0 aliphatic heterocycles. The van der Waals surface area contributed by atoms with Crippen LogP contribution in [0.3, 0.4) is 0 Å². The van der Waals surface area contributed by atoms with Gasteiger partial charge in [-0.05, 0) is 23.3 Å². The van der Waals surface area contributed by atoms with Crippen molar-refractivity contribution in [2.24, 2.45) is 0 Å². The number of unbranched alkanes of at least 4 members (excludes halogenated alkanes) is 20. The number of aliphatic hydroxyl groups excluding tert-OH is 1. The van der Waals surface area contributed by atoms with Crippen LogP contribution in [0, 0.1) is 0 Å². The fourth-order valence-electron chi connectivity index (χ4n) is 4.76. The minimum Gasteiger partial charge on any atom is -0.385 e. The normalized spacial score (nSPS) is 12.3. The molecule has 0 fully saturated rings. The summed E-state index contributed by atoms with van der Waals surface area (Å²) in [7, 11) is 0. The maximum atomic E-state index is 12.5. The molecule has 1 heterocycles. The van der Waals surface area contributed by atoms with Crippen molar-refractivity contribution in [2.75, 3.05) is 0 Å². The zero-order valence-corrected chi connectivity index (χ0v) is 23.2. The monoisotopic (exact) mass is 492 g/mol. The van der Waals surface area contributed by atoms with E-state index in [1.165, 1.54) is 120 Å². The Morgan fingerprint density at radius 3 is 1.51 bits per heavy atom. The number of rotatable bonds is 25. The summed E-state index contributed by atoms with van der Waals surface area (Å²) < 4.78 is 1.23. The molecule has 1 N–H and O–H groups in total. The second-order valence-electron chi connectivity index (χ2n) is 10.5. The van der Waals surface area contributed by atoms with Crippen LogP contribution < -0.4 is 0 Å². The topological polar surface area (TPSA) is 80.9 Å². The summed E-state index contributed by atoms with van der Waals surface area (Å²) >= 11 is 0. The molecule has 204 valence electrons. The van der Waals surface area contributed by atoms with Gasteiger partial charge in [-0.25, -0.2) is 0 Å². The van der Waals surface area contributed by atoms with Gasteiger partial charge in [0.1, 0.15) is 6.10 Å². The van der Waals surface area contributed by atoms with Gasteiger partial charge < -0.3 is 5.11 Å². The van der Waals surface area contributed by atoms with E-state index in [1.807, 2.05) is 0 Å². The van der Waals surface area contributed by atoms with Crippen LogP contribution in [-0.2, 0) is 0 Å². The van der Waals surface area contributed by atoms with Gasteiger partial charge in [-0.3, -0.25) is 4.79 Å². The average Bonchev–Trinajstić information content (AvgIpc) is 3.36. The van der Waals surface area contributed by atoms with Crippen molar-refractivity contribution in [1.29, 1.82) is 0 Å². The van der Waals surface area contributed by atoms with Crippen molar-refractivity contribution in [3.8, 4) is 0 Å². The fraction of sp³-hybridized carbons (Fsp3) is 0.931. The van der Waals surface area contributed by atoms with Crippen molar-refractivity contribution in [3.63, 3.8) is 0 Å². The number of hydrogen-bond donors (Lipinski definition) is 1.